The monoisotopic (exact) mass is 287 g/mol. The highest BCUT2D eigenvalue weighted by atomic mass is 32.2. The molecule has 0 amide bonds. The highest BCUT2D eigenvalue weighted by Crippen LogP contribution is 2.22. The van der Waals surface area contributed by atoms with Crippen molar-refractivity contribution in [2.75, 3.05) is 5.73 Å². The van der Waals surface area contributed by atoms with Crippen molar-refractivity contribution < 1.29 is 8.42 Å². The second kappa shape index (κ2) is 4.35. The van der Waals surface area contributed by atoms with Crippen molar-refractivity contribution in [1.29, 1.82) is 0 Å². The Kier molecular flexibility index (Phi) is 2.76. The number of hydrogen-bond donors (Lipinski definition) is 1. The molecule has 6 heteroatoms. The van der Waals surface area contributed by atoms with Crippen molar-refractivity contribution in [1.82, 2.24) is 8.96 Å². The van der Waals surface area contributed by atoms with E-state index in [-0.39, 0.29) is 4.90 Å². The van der Waals surface area contributed by atoms with Gasteiger partial charge in [0.1, 0.15) is 0 Å². The molecule has 0 spiro atoms. The molecule has 0 aliphatic heterocycles. The Morgan fingerprint density at radius 2 is 1.85 bits per heavy atom. The van der Waals surface area contributed by atoms with Crippen LogP contribution in [-0.2, 0) is 10.0 Å². The summed E-state index contributed by atoms with van der Waals surface area (Å²) in [4.78, 5) is 4.34. The lowest BCUT2D eigenvalue weighted by Gasteiger charge is -2.07. The van der Waals surface area contributed by atoms with E-state index >= 15 is 0 Å². The van der Waals surface area contributed by atoms with E-state index in [4.69, 9.17) is 5.73 Å². The second-order valence-corrected chi connectivity index (χ2v) is 6.43. The van der Waals surface area contributed by atoms with Gasteiger partial charge >= 0.3 is 0 Å². The molecule has 3 rings (SSSR count). The third kappa shape index (κ3) is 1.94. The molecule has 0 saturated carbocycles. The minimum absolute atomic E-state index is 0.235. The highest BCUT2D eigenvalue weighted by Gasteiger charge is 2.19. The number of fused-ring (bicyclic) bond motifs is 1. The molecule has 0 fully saturated rings. The number of rotatable bonds is 2. The molecule has 0 unspecified atom stereocenters. The summed E-state index contributed by atoms with van der Waals surface area (Å²) in [5, 5.41) is 0.695. The first-order chi connectivity index (χ1) is 9.48. The van der Waals surface area contributed by atoms with Crippen LogP contribution < -0.4 is 5.73 Å². The normalized spacial score (nSPS) is 11.8. The van der Waals surface area contributed by atoms with Crippen molar-refractivity contribution in [3.05, 3.63) is 54.4 Å². The third-order valence-electron chi connectivity index (χ3n) is 3.09. The van der Waals surface area contributed by atoms with Gasteiger partial charge in [-0.1, -0.05) is 17.7 Å². The first-order valence-corrected chi connectivity index (χ1v) is 7.47. The van der Waals surface area contributed by atoms with Crippen LogP contribution in [0.15, 0.2) is 53.7 Å². The van der Waals surface area contributed by atoms with Gasteiger partial charge in [-0.3, -0.25) is 0 Å². The Bertz CT molecular complexity index is 880. The van der Waals surface area contributed by atoms with E-state index in [0.717, 1.165) is 5.56 Å². The summed E-state index contributed by atoms with van der Waals surface area (Å²) in [6.07, 6.45) is 2.94. The number of aromatic nitrogens is 2. The van der Waals surface area contributed by atoms with Crippen LogP contribution >= 0.6 is 0 Å². The fraction of sp³-hybridized carbons (Fsp3) is 0.0714. The van der Waals surface area contributed by atoms with E-state index in [1.807, 2.05) is 6.92 Å². The molecule has 102 valence electrons. The maximum absolute atomic E-state index is 12.6. The molecule has 5 nitrogen and oxygen atoms in total. The maximum atomic E-state index is 12.6. The zero-order chi connectivity index (χ0) is 14.3. The molecular formula is C14H13N3O2S. The minimum atomic E-state index is -3.64. The summed E-state index contributed by atoms with van der Waals surface area (Å²) < 4.78 is 26.4. The van der Waals surface area contributed by atoms with Crippen molar-refractivity contribution >= 4 is 26.7 Å². The Morgan fingerprint density at radius 1 is 1.15 bits per heavy atom. The van der Waals surface area contributed by atoms with Crippen molar-refractivity contribution in [2.45, 2.75) is 11.8 Å². The number of pyridine rings is 1. The van der Waals surface area contributed by atoms with Gasteiger partial charge in [0, 0.05) is 11.6 Å². The fourth-order valence-electron chi connectivity index (χ4n) is 2.03. The van der Waals surface area contributed by atoms with E-state index in [1.165, 1.54) is 16.4 Å². The summed E-state index contributed by atoms with van der Waals surface area (Å²) in [7, 11) is -3.64. The molecule has 2 heterocycles. The molecule has 3 aromatic rings. The SMILES string of the molecule is Cc1ccc(S(=O)(=O)n2ccc3cc(N)cnc32)cc1. The minimum Gasteiger partial charge on any atom is -0.397 e. The summed E-state index contributed by atoms with van der Waals surface area (Å²) in [6, 6.07) is 10.1. The molecule has 0 aliphatic carbocycles. The van der Waals surface area contributed by atoms with Gasteiger partial charge in [0.05, 0.1) is 16.8 Å². The van der Waals surface area contributed by atoms with Crippen LogP contribution in [-0.4, -0.2) is 17.4 Å². The van der Waals surface area contributed by atoms with E-state index in [1.54, 1.807) is 36.4 Å². The second-order valence-electron chi connectivity index (χ2n) is 4.61. The van der Waals surface area contributed by atoms with Crippen LogP contribution in [0.4, 0.5) is 5.69 Å². The van der Waals surface area contributed by atoms with Crippen molar-refractivity contribution in [3.63, 3.8) is 0 Å². The van der Waals surface area contributed by atoms with Crippen LogP contribution in [0.3, 0.4) is 0 Å². The van der Waals surface area contributed by atoms with Crippen molar-refractivity contribution in [2.24, 2.45) is 0 Å². The lowest BCUT2D eigenvalue weighted by atomic mass is 10.2. The lowest BCUT2D eigenvalue weighted by Crippen LogP contribution is -2.12. The smallest absolute Gasteiger partial charge is 0.269 e. The summed E-state index contributed by atoms with van der Waals surface area (Å²) >= 11 is 0. The topological polar surface area (TPSA) is 78.0 Å². The van der Waals surface area contributed by atoms with E-state index in [9.17, 15) is 8.42 Å². The number of benzene rings is 1. The largest absolute Gasteiger partial charge is 0.397 e. The summed E-state index contributed by atoms with van der Waals surface area (Å²) in [6.45, 7) is 1.91. The Labute approximate surface area is 116 Å². The van der Waals surface area contributed by atoms with Crippen LogP contribution in [0.1, 0.15) is 5.56 Å². The van der Waals surface area contributed by atoms with Crippen LogP contribution in [0.25, 0.3) is 11.0 Å². The molecule has 2 N–H and O–H groups in total. The van der Waals surface area contributed by atoms with Crippen LogP contribution in [0, 0.1) is 6.92 Å². The Balaban J connectivity index is 2.21. The fourth-order valence-corrected chi connectivity index (χ4v) is 3.34. The van der Waals surface area contributed by atoms with E-state index < -0.39 is 10.0 Å². The molecule has 0 saturated heterocycles. The van der Waals surface area contributed by atoms with Crippen LogP contribution in [0.2, 0.25) is 0 Å². The molecule has 0 radical (unpaired) electrons. The molecule has 2 aromatic heterocycles. The Morgan fingerprint density at radius 3 is 2.55 bits per heavy atom. The molecular weight excluding hydrogens is 274 g/mol. The number of nitrogens with zero attached hydrogens (tertiary/aromatic N) is 2. The third-order valence-corrected chi connectivity index (χ3v) is 4.77. The molecule has 0 aliphatic rings. The quantitative estimate of drug-likeness (QED) is 0.783. The average Bonchev–Trinajstić information content (AvgIpc) is 2.82. The standard InChI is InChI=1S/C14H13N3O2S/c1-10-2-4-13(5-3-10)20(18,19)17-7-6-11-8-12(15)9-16-14(11)17/h2-9H,15H2,1H3. The first kappa shape index (κ1) is 12.7. The molecule has 1 aromatic carbocycles. The number of nitrogens with two attached hydrogens (primary N) is 1. The predicted molar refractivity (Wildman–Crippen MR) is 77.9 cm³/mol. The highest BCUT2D eigenvalue weighted by molar-refractivity contribution is 7.90. The maximum Gasteiger partial charge on any atom is 0.269 e. The summed E-state index contributed by atoms with van der Waals surface area (Å²) in [5.74, 6) is 0. The molecule has 20 heavy (non-hydrogen) atoms. The van der Waals surface area contributed by atoms with Gasteiger partial charge in [-0.25, -0.2) is 17.4 Å². The van der Waals surface area contributed by atoms with Gasteiger partial charge in [0.2, 0.25) is 0 Å². The van der Waals surface area contributed by atoms with E-state index in [2.05, 4.69) is 4.98 Å². The number of aryl methyl sites for hydroxylation is 1. The van der Waals surface area contributed by atoms with E-state index in [0.29, 0.717) is 16.7 Å². The zero-order valence-corrected chi connectivity index (χ0v) is 11.6. The first-order valence-electron chi connectivity index (χ1n) is 6.03. The lowest BCUT2D eigenvalue weighted by molar-refractivity contribution is 0.588. The van der Waals surface area contributed by atoms with Crippen LogP contribution in [0.5, 0.6) is 0 Å². The molecule has 0 bridgehead atoms. The summed E-state index contributed by atoms with van der Waals surface area (Å²) in [5.41, 5.74) is 7.53. The van der Waals surface area contributed by atoms with Gasteiger partial charge in [0.15, 0.2) is 5.65 Å². The van der Waals surface area contributed by atoms with Gasteiger partial charge < -0.3 is 5.73 Å². The van der Waals surface area contributed by atoms with Gasteiger partial charge in [0.25, 0.3) is 10.0 Å². The number of anilines is 1. The Hall–Kier alpha value is -2.34. The van der Waals surface area contributed by atoms with Gasteiger partial charge in [-0.2, -0.15) is 0 Å². The van der Waals surface area contributed by atoms with Gasteiger partial charge in [-0.05, 0) is 31.2 Å². The van der Waals surface area contributed by atoms with Crippen molar-refractivity contribution in [3.8, 4) is 0 Å². The van der Waals surface area contributed by atoms with Gasteiger partial charge in [-0.15, -0.1) is 0 Å². The number of nitrogen functional groups attached to an aromatic ring is 1. The molecule has 0 atom stereocenters. The number of hydrogen-bond acceptors (Lipinski definition) is 4. The predicted octanol–water partition coefficient (Wildman–Crippen LogP) is 2.16. The zero-order valence-electron chi connectivity index (χ0n) is 10.8. The average molecular weight is 287 g/mol.